The third kappa shape index (κ3) is 3.87. The van der Waals surface area contributed by atoms with Crippen molar-refractivity contribution < 1.29 is 9.90 Å². The lowest BCUT2D eigenvalue weighted by molar-refractivity contribution is -0.132. The van der Waals surface area contributed by atoms with Crippen LogP contribution in [0.3, 0.4) is 0 Å². The zero-order valence-corrected chi connectivity index (χ0v) is 11.8. The normalized spacial score (nSPS) is 21.6. The first-order valence-corrected chi connectivity index (χ1v) is 8.09. The van der Waals surface area contributed by atoms with Gasteiger partial charge in [0.15, 0.2) is 0 Å². The number of piperidine rings is 1. The van der Waals surface area contributed by atoms with Gasteiger partial charge in [0.1, 0.15) is 0 Å². The molecule has 0 bridgehead atoms. The van der Waals surface area contributed by atoms with Crippen LogP contribution in [0.2, 0.25) is 0 Å². The van der Waals surface area contributed by atoms with E-state index in [4.69, 9.17) is 5.11 Å². The van der Waals surface area contributed by atoms with E-state index in [1.165, 1.54) is 19.3 Å². The Balaban J connectivity index is 1.73. The smallest absolute Gasteiger partial charge is 0.232 e. The van der Waals surface area contributed by atoms with Crippen molar-refractivity contribution in [1.29, 1.82) is 0 Å². The summed E-state index contributed by atoms with van der Waals surface area (Å²) in [4.78, 5) is 14.1. The van der Waals surface area contributed by atoms with Gasteiger partial charge in [-0.15, -0.1) is 11.8 Å². The molecule has 4 nitrogen and oxygen atoms in total. The molecule has 0 aromatic carbocycles. The second kappa shape index (κ2) is 7.36. The first-order chi connectivity index (χ1) is 8.81. The van der Waals surface area contributed by atoms with Crippen LogP contribution in [0.1, 0.15) is 32.1 Å². The molecule has 1 saturated carbocycles. The van der Waals surface area contributed by atoms with Crippen molar-refractivity contribution in [2.75, 3.05) is 32.0 Å². The molecule has 18 heavy (non-hydrogen) atoms. The molecule has 5 heteroatoms. The number of carbonyl (C=O) groups is 1. The lowest BCUT2D eigenvalue weighted by Gasteiger charge is -2.37. The minimum absolute atomic E-state index is 0.0836. The number of aliphatic hydroxyl groups excluding tert-OH is 1. The summed E-state index contributed by atoms with van der Waals surface area (Å²) in [5, 5.41) is 13.0. The van der Waals surface area contributed by atoms with Gasteiger partial charge in [-0.25, -0.2) is 0 Å². The van der Waals surface area contributed by atoms with Crippen molar-refractivity contribution in [2.24, 2.45) is 0 Å². The third-order valence-electron chi connectivity index (χ3n) is 3.91. The summed E-state index contributed by atoms with van der Waals surface area (Å²) in [6, 6.07) is 0.401. The van der Waals surface area contributed by atoms with E-state index in [-0.39, 0.29) is 12.5 Å². The summed E-state index contributed by atoms with van der Waals surface area (Å²) in [5.41, 5.74) is 0. The zero-order chi connectivity index (χ0) is 12.8. The van der Waals surface area contributed by atoms with E-state index in [0.717, 1.165) is 25.9 Å². The van der Waals surface area contributed by atoms with Crippen molar-refractivity contribution in [3.63, 3.8) is 0 Å². The van der Waals surface area contributed by atoms with E-state index >= 15 is 0 Å². The summed E-state index contributed by atoms with van der Waals surface area (Å²) in [6.45, 7) is 2.75. The highest BCUT2D eigenvalue weighted by atomic mass is 32.2. The molecular weight excluding hydrogens is 248 g/mol. The Bertz CT molecular complexity index is 266. The number of hydrogen-bond acceptors (Lipinski definition) is 4. The molecule has 1 saturated heterocycles. The minimum atomic E-state index is 0.0836. The number of hydrogen-bond donors (Lipinski definition) is 2. The molecule has 2 fully saturated rings. The Morgan fingerprint density at radius 1 is 1.28 bits per heavy atom. The van der Waals surface area contributed by atoms with Crippen molar-refractivity contribution >= 4 is 17.7 Å². The van der Waals surface area contributed by atoms with E-state index in [1.54, 1.807) is 11.8 Å². The second-order valence-electron chi connectivity index (χ2n) is 5.16. The number of carbonyl (C=O) groups excluding carboxylic acids is 1. The van der Waals surface area contributed by atoms with Gasteiger partial charge in [0.2, 0.25) is 5.91 Å². The molecule has 0 atom stereocenters. The van der Waals surface area contributed by atoms with Gasteiger partial charge in [0.25, 0.3) is 0 Å². The molecule has 1 heterocycles. The first kappa shape index (κ1) is 14.2. The molecule has 1 aliphatic carbocycles. The number of rotatable bonds is 6. The Kier molecular flexibility index (Phi) is 5.79. The van der Waals surface area contributed by atoms with Gasteiger partial charge in [0, 0.05) is 17.8 Å². The molecule has 0 unspecified atom stereocenters. The minimum Gasteiger partial charge on any atom is -0.395 e. The van der Waals surface area contributed by atoms with Crippen LogP contribution in [-0.2, 0) is 4.79 Å². The maximum atomic E-state index is 12.2. The van der Waals surface area contributed by atoms with Crippen LogP contribution in [-0.4, -0.2) is 59.2 Å². The van der Waals surface area contributed by atoms with Gasteiger partial charge < -0.3 is 15.3 Å². The van der Waals surface area contributed by atoms with Gasteiger partial charge in [-0.2, -0.15) is 0 Å². The second-order valence-corrected chi connectivity index (χ2v) is 6.44. The molecule has 0 aromatic heterocycles. The maximum Gasteiger partial charge on any atom is 0.232 e. The summed E-state index contributed by atoms with van der Waals surface area (Å²) in [5.74, 6) is 0.804. The average molecular weight is 272 g/mol. The predicted molar refractivity (Wildman–Crippen MR) is 74.8 cm³/mol. The van der Waals surface area contributed by atoms with E-state index in [9.17, 15) is 4.79 Å². The first-order valence-electron chi connectivity index (χ1n) is 7.04. The Hall–Kier alpha value is -0.260. The molecule has 0 spiro atoms. The van der Waals surface area contributed by atoms with Gasteiger partial charge in [-0.3, -0.25) is 4.79 Å². The molecule has 0 radical (unpaired) electrons. The Morgan fingerprint density at radius 2 is 2.00 bits per heavy atom. The van der Waals surface area contributed by atoms with Gasteiger partial charge in [-0.05, 0) is 45.2 Å². The van der Waals surface area contributed by atoms with Crippen LogP contribution in [0.5, 0.6) is 0 Å². The quantitative estimate of drug-likeness (QED) is 0.752. The number of thioether (sulfide) groups is 1. The van der Waals surface area contributed by atoms with Crippen molar-refractivity contribution in [1.82, 2.24) is 10.2 Å². The summed E-state index contributed by atoms with van der Waals surface area (Å²) >= 11 is 1.80. The van der Waals surface area contributed by atoms with Gasteiger partial charge in [-0.1, -0.05) is 0 Å². The largest absolute Gasteiger partial charge is 0.395 e. The fraction of sp³-hybridized carbons (Fsp3) is 0.923. The predicted octanol–water partition coefficient (Wildman–Crippen LogP) is 0.845. The number of nitrogens with one attached hydrogen (secondary N) is 1. The number of aliphatic hydroxyl groups is 1. The summed E-state index contributed by atoms with van der Waals surface area (Å²) in [7, 11) is 0. The average Bonchev–Trinajstić information content (AvgIpc) is 2.34. The van der Waals surface area contributed by atoms with Crippen LogP contribution in [0.4, 0.5) is 0 Å². The van der Waals surface area contributed by atoms with Crippen LogP contribution in [0.25, 0.3) is 0 Å². The summed E-state index contributed by atoms with van der Waals surface area (Å²) in [6.07, 6.45) is 5.79. The monoisotopic (exact) mass is 272 g/mol. The van der Waals surface area contributed by atoms with Gasteiger partial charge >= 0.3 is 0 Å². The molecule has 1 aliphatic heterocycles. The summed E-state index contributed by atoms with van der Waals surface area (Å²) < 4.78 is 0. The van der Waals surface area contributed by atoms with E-state index < -0.39 is 0 Å². The lowest BCUT2D eigenvalue weighted by Crippen LogP contribution is -2.46. The third-order valence-corrected chi connectivity index (χ3v) is 5.26. The molecule has 0 aromatic rings. The van der Waals surface area contributed by atoms with E-state index in [1.807, 2.05) is 4.90 Å². The zero-order valence-electron chi connectivity index (χ0n) is 10.9. The van der Waals surface area contributed by atoms with Crippen molar-refractivity contribution in [3.05, 3.63) is 0 Å². The number of amides is 1. The molecule has 2 rings (SSSR count). The molecule has 1 amide bonds. The van der Waals surface area contributed by atoms with Crippen LogP contribution >= 0.6 is 11.8 Å². The van der Waals surface area contributed by atoms with E-state index in [2.05, 4.69) is 5.32 Å². The SMILES string of the molecule is O=C(CSC1CCNCC1)N(CCO)C1CCC1. The Morgan fingerprint density at radius 3 is 2.56 bits per heavy atom. The fourth-order valence-electron chi connectivity index (χ4n) is 2.55. The topological polar surface area (TPSA) is 52.6 Å². The van der Waals surface area contributed by atoms with Gasteiger partial charge in [0.05, 0.1) is 12.4 Å². The lowest BCUT2D eigenvalue weighted by atomic mass is 9.91. The van der Waals surface area contributed by atoms with Crippen LogP contribution in [0.15, 0.2) is 0 Å². The highest BCUT2D eigenvalue weighted by molar-refractivity contribution is 8.00. The van der Waals surface area contributed by atoms with Crippen LogP contribution < -0.4 is 5.32 Å². The maximum absolute atomic E-state index is 12.2. The molecule has 2 N–H and O–H groups in total. The fourth-order valence-corrected chi connectivity index (χ4v) is 3.66. The van der Waals surface area contributed by atoms with Crippen molar-refractivity contribution in [2.45, 2.75) is 43.4 Å². The highest BCUT2D eigenvalue weighted by Gasteiger charge is 2.28. The highest BCUT2D eigenvalue weighted by Crippen LogP contribution is 2.26. The molecule has 2 aliphatic rings. The van der Waals surface area contributed by atoms with Crippen LogP contribution in [0, 0.1) is 0 Å². The Labute approximate surface area is 113 Å². The number of nitrogens with zero attached hydrogens (tertiary/aromatic N) is 1. The molecule has 104 valence electrons. The van der Waals surface area contributed by atoms with E-state index in [0.29, 0.717) is 23.6 Å². The standard InChI is InChI=1S/C13H24N2O2S/c16-9-8-15(11-2-1-3-11)13(17)10-18-12-4-6-14-7-5-12/h11-12,14,16H,1-10H2. The van der Waals surface area contributed by atoms with Crippen molar-refractivity contribution in [3.8, 4) is 0 Å². The molecular formula is C13H24N2O2S.